The molecule has 0 spiro atoms. The number of likely N-dealkylation sites (tertiary alicyclic amines) is 1. The molecule has 10 heteroatoms. The van der Waals surface area contributed by atoms with Crippen LogP contribution in [0.3, 0.4) is 0 Å². The van der Waals surface area contributed by atoms with Crippen LogP contribution in [-0.2, 0) is 15.7 Å². The number of nitrogens with zero attached hydrogens (tertiary/aromatic N) is 4. The largest absolute Gasteiger partial charge is 0.466 e. The van der Waals surface area contributed by atoms with Gasteiger partial charge in [0, 0.05) is 25.7 Å². The van der Waals surface area contributed by atoms with E-state index in [0.29, 0.717) is 37.2 Å². The van der Waals surface area contributed by atoms with E-state index in [9.17, 15) is 22.8 Å². The lowest BCUT2D eigenvalue weighted by Crippen LogP contribution is -2.40. The van der Waals surface area contributed by atoms with Crippen molar-refractivity contribution in [3.63, 3.8) is 0 Å². The fourth-order valence-corrected chi connectivity index (χ4v) is 3.64. The fraction of sp³-hybridized carbons (Fsp3) is 0.500. The van der Waals surface area contributed by atoms with Gasteiger partial charge in [-0.25, -0.2) is 9.67 Å². The summed E-state index contributed by atoms with van der Waals surface area (Å²) in [5.74, 6) is -1.01. The molecule has 1 atom stereocenters. The summed E-state index contributed by atoms with van der Waals surface area (Å²) in [5, 5.41) is 3.79. The summed E-state index contributed by atoms with van der Waals surface area (Å²) in [7, 11) is 0. The highest BCUT2D eigenvalue weighted by atomic mass is 19.4. The van der Waals surface area contributed by atoms with Gasteiger partial charge in [-0.2, -0.15) is 18.3 Å². The van der Waals surface area contributed by atoms with Crippen LogP contribution in [0, 0.1) is 5.92 Å². The number of carbonyl (C=O) groups excluding carboxylic acids is 2. The molecule has 1 aliphatic heterocycles. The number of rotatable bonds is 6. The number of hydrogen-bond donors (Lipinski definition) is 0. The predicted octanol–water partition coefficient (Wildman–Crippen LogP) is 3.48. The lowest BCUT2D eigenvalue weighted by Gasteiger charge is -2.32. The molecule has 3 rings (SSSR count). The summed E-state index contributed by atoms with van der Waals surface area (Å²) < 4.78 is 47.0. The molecule has 0 N–H and O–H groups in total. The minimum absolute atomic E-state index is 0.0187. The zero-order valence-corrected chi connectivity index (χ0v) is 16.6. The number of alkyl halides is 3. The minimum atomic E-state index is -4.78. The van der Waals surface area contributed by atoms with Crippen molar-refractivity contribution in [3.05, 3.63) is 41.9 Å². The van der Waals surface area contributed by atoms with Crippen LogP contribution in [0.15, 0.2) is 30.6 Å². The third-order valence-electron chi connectivity index (χ3n) is 5.00. The van der Waals surface area contributed by atoms with Gasteiger partial charge in [-0.05, 0) is 44.2 Å². The Morgan fingerprint density at radius 1 is 1.30 bits per heavy atom. The molecular weight excluding hydrogens is 401 g/mol. The predicted molar refractivity (Wildman–Crippen MR) is 101 cm³/mol. The van der Waals surface area contributed by atoms with Crippen LogP contribution in [0.2, 0.25) is 0 Å². The van der Waals surface area contributed by atoms with E-state index in [4.69, 9.17) is 4.74 Å². The first-order chi connectivity index (χ1) is 14.3. The fourth-order valence-electron chi connectivity index (χ4n) is 3.64. The SMILES string of the molecule is CCOC(=O)CC[C@@H]1CCCN(C(=O)c2cnn(-c3ccccn3)c2C(F)(F)F)C1. The Morgan fingerprint density at radius 3 is 2.77 bits per heavy atom. The molecule has 7 nitrogen and oxygen atoms in total. The van der Waals surface area contributed by atoms with Crippen molar-refractivity contribution in [2.24, 2.45) is 5.92 Å². The smallest absolute Gasteiger partial charge is 0.434 e. The quantitative estimate of drug-likeness (QED) is 0.664. The van der Waals surface area contributed by atoms with Gasteiger partial charge in [0.2, 0.25) is 0 Å². The molecule has 3 heterocycles. The minimum Gasteiger partial charge on any atom is -0.466 e. The molecule has 30 heavy (non-hydrogen) atoms. The monoisotopic (exact) mass is 424 g/mol. The average molecular weight is 424 g/mol. The molecule has 0 aliphatic carbocycles. The second kappa shape index (κ2) is 9.27. The molecule has 0 aromatic carbocycles. The summed E-state index contributed by atoms with van der Waals surface area (Å²) in [5.41, 5.74) is -1.64. The van der Waals surface area contributed by atoms with Crippen LogP contribution in [0.4, 0.5) is 13.2 Å². The molecule has 1 aliphatic rings. The summed E-state index contributed by atoms with van der Waals surface area (Å²) in [6.45, 7) is 2.68. The van der Waals surface area contributed by atoms with E-state index in [1.165, 1.54) is 17.2 Å². The molecule has 1 fully saturated rings. The van der Waals surface area contributed by atoms with E-state index in [1.54, 1.807) is 19.1 Å². The van der Waals surface area contributed by atoms with Crippen molar-refractivity contribution < 1.29 is 27.5 Å². The van der Waals surface area contributed by atoms with Gasteiger partial charge >= 0.3 is 12.1 Å². The van der Waals surface area contributed by atoms with Gasteiger partial charge < -0.3 is 9.64 Å². The normalized spacial score (nSPS) is 17.1. The Morgan fingerprint density at radius 2 is 2.10 bits per heavy atom. The first-order valence-corrected chi connectivity index (χ1v) is 9.82. The zero-order chi connectivity index (χ0) is 21.7. The highest BCUT2D eigenvalue weighted by molar-refractivity contribution is 5.95. The van der Waals surface area contributed by atoms with Crippen molar-refractivity contribution in [2.75, 3.05) is 19.7 Å². The highest BCUT2D eigenvalue weighted by Gasteiger charge is 2.42. The number of aromatic nitrogens is 3. The summed E-state index contributed by atoms with van der Waals surface area (Å²) in [6, 6.07) is 4.52. The molecule has 0 radical (unpaired) electrons. The van der Waals surface area contributed by atoms with Gasteiger partial charge in [-0.3, -0.25) is 9.59 Å². The topological polar surface area (TPSA) is 77.3 Å². The number of hydrogen-bond acceptors (Lipinski definition) is 5. The Labute approximate surface area is 171 Å². The zero-order valence-electron chi connectivity index (χ0n) is 16.6. The Hall–Kier alpha value is -2.91. The molecule has 0 unspecified atom stereocenters. The van der Waals surface area contributed by atoms with Gasteiger partial charge in [0.1, 0.15) is 0 Å². The van der Waals surface area contributed by atoms with Crippen LogP contribution in [0.5, 0.6) is 0 Å². The molecule has 1 saturated heterocycles. The second-order valence-electron chi connectivity index (χ2n) is 7.11. The molecule has 0 saturated carbocycles. The van der Waals surface area contributed by atoms with E-state index < -0.39 is 23.3 Å². The molecule has 0 bridgehead atoms. The van der Waals surface area contributed by atoms with E-state index in [0.717, 1.165) is 12.6 Å². The Balaban J connectivity index is 1.79. The number of esters is 1. The van der Waals surface area contributed by atoms with Gasteiger partial charge in [-0.15, -0.1) is 0 Å². The van der Waals surface area contributed by atoms with Crippen molar-refractivity contribution in [3.8, 4) is 5.82 Å². The third-order valence-corrected chi connectivity index (χ3v) is 5.00. The number of piperidine rings is 1. The van der Waals surface area contributed by atoms with Crippen molar-refractivity contribution in [1.82, 2.24) is 19.7 Å². The number of pyridine rings is 1. The number of amides is 1. The van der Waals surface area contributed by atoms with Crippen LogP contribution >= 0.6 is 0 Å². The first-order valence-electron chi connectivity index (χ1n) is 9.82. The lowest BCUT2D eigenvalue weighted by molar-refractivity contribution is -0.144. The Kier molecular flexibility index (Phi) is 6.73. The first kappa shape index (κ1) is 21.8. The molecule has 1 amide bonds. The van der Waals surface area contributed by atoms with E-state index >= 15 is 0 Å². The van der Waals surface area contributed by atoms with E-state index in [-0.39, 0.29) is 24.1 Å². The summed E-state index contributed by atoms with van der Waals surface area (Å²) in [4.78, 5) is 29.8. The van der Waals surface area contributed by atoms with Crippen molar-refractivity contribution >= 4 is 11.9 Å². The molecular formula is C20H23F3N4O3. The maximum absolute atomic E-state index is 13.8. The third kappa shape index (κ3) is 4.98. The molecule has 2 aromatic rings. The van der Waals surface area contributed by atoms with E-state index in [2.05, 4.69) is 10.1 Å². The second-order valence-corrected chi connectivity index (χ2v) is 7.11. The van der Waals surface area contributed by atoms with Crippen molar-refractivity contribution in [1.29, 1.82) is 0 Å². The van der Waals surface area contributed by atoms with Gasteiger partial charge in [0.15, 0.2) is 11.5 Å². The highest BCUT2D eigenvalue weighted by Crippen LogP contribution is 2.34. The van der Waals surface area contributed by atoms with Crippen LogP contribution in [-0.4, -0.2) is 51.2 Å². The number of carbonyl (C=O) groups is 2. The van der Waals surface area contributed by atoms with Gasteiger partial charge in [-0.1, -0.05) is 6.07 Å². The van der Waals surface area contributed by atoms with Crippen molar-refractivity contribution in [2.45, 2.75) is 38.8 Å². The van der Waals surface area contributed by atoms with Crippen LogP contribution in [0.25, 0.3) is 5.82 Å². The maximum Gasteiger partial charge on any atom is 0.434 e. The summed E-state index contributed by atoms with van der Waals surface area (Å²) >= 11 is 0. The maximum atomic E-state index is 13.8. The number of ether oxygens (including phenoxy) is 1. The standard InChI is InChI=1S/C20H23F3N4O3/c1-2-30-17(28)9-8-14-6-5-11-26(13-14)19(29)15-12-25-27(18(15)20(21,22)23)16-7-3-4-10-24-16/h3-4,7,10,12,14H,2,5-6,8-9,11,13H2,1H3/t14-/m0/s1. The molecule has 162 valence electrons. The summed E-state index contributed by atoms with van der Waals surface area (Å²) in [6.07, 6.45) is -0.247. The van der Waals surface area contributed by atoms with Gasteiger partial charge in [0.05, 0.1) is 18.4 Å². The van der Waals surface area contributed by atoms with E-state index in [1.807, 2.05) is 0 Å². The average Bonchev–Trinajstić information content (AvgIpc) is 3.19. The Bertz CT molecular complexity index is 883. The van der Waals surface area contributed by atoms with Crippen LogP contribution < -0.4 is 0 Å². The van der Waals surface area contributed by atoms with Gasteiger partial charge in [0.25, 0.3) is 5.91 Å². The lowest BCUT2D eigenvalue weighted by atomic mass is 9.93. The van der Waals surface area contributed by atoms with Crippen LogP contribution in [0.1, 0.15) is 48.7 Å². The number of halogens is 3. The molecule has 2 aromatic heterocycles.